The van der Waals surface area contributed by atoms with E-state index in [1.165, 1.54) is 22.3 Å². The van der Waals surface area contributed by atoms with Crippen molar-refractivity contribution < 1.29 is 9.53 Å². The van der Waals surface area contributed by atoms with E-state index < -0.39 is 15.4 Å². The van der Waals surface area contributed by atoms with E-state index in [0.29, 0.717) is 0 Å². The van der Waals surface area contributed by atoms with Crippen LogP contribution in [-0.2, 0) is 22.9 Å². The lowest BCUT2D eigenvalue weighted by Gasteiger charge is -2.38. The minimum absolute atomic E-state index is 0.223. The Hall–Kier alpha value is -2.20. The molecule has 3 rings (SSSR count). The van der Waals surface area contributed by atoms with Crippen molar-refractivity contribution in [2.75, 3.05) is 6.61 Å². The third-order valence-electron chi connectivity index (χ3n) is 6.18. The summed E-state index contributed by atoms with van der Waals surface area (Å²) in [5, 5.41) is 9.46. The summed E-state index contributed by atoms with van der Waals surface area (Å²) < 4.78 is 7.01. The zero-order chi connectivity index (χ0) is 23.6. The Balaban J connectivity index is 1.81. The van der Waals surface area contributed by atoms with Gasteiger partial charge in [0.2, 0.25) is 0 Å². The fourth-order valence-electron chi connectivity index (χ4n) is 4.45. The first-order valence-corrected chi connectivity index (χ1v) is 13.7. The average Bonchev–Trinajstić information content (AvgIpc) is 2.83. The minimum Gasteiger partial charge on any atom is -0.410 e. The highest BCUT2D eigenvalue weighted by Gasteiger charge is 2.35. The molecule has 0 saturated carbocycles. The van der Waals surface area contributed by atoms with Crippen LogP contribution in [0.5, 0.6) is 0 Å². The molecule has 0 radical (unpaired) electrons. The molecule has 0 aliphatic carbocycles. The molecule has 0 atom stereocenters. The summed E-state index contributed by atoms with van der Waals surface area (Å²) in [7, 11) is -0.767. The fraction of sp³-hybridized carbons (Fsp3) is 0.400. The Labute approximate surface area is 203 Å². The fourth-order valence-corrected chi connectivity index (χ4v) is 5.61. The molecule has 0 spiro atoms. The van der Waals surface area contributed by atoms with Crippen LogP contribution in [0.15, 0.2) is 84.9 Å². The summed E-state index contributed by atoms with van der Waals surface area (Å²) in [5.74, 6) is 0. The molecule has 0 fully saturated rings. The monoisotopic (exact) mass is 460 g/mol. The van der Waals surface area contributed by atoms with E-state index >= 15 is 0 Å². The maximum absolute atomic E-state index is 9.24. The van der Waals surface area contributed by atoms with Gasteiger partial charge in [-0.1, -0.05) is 106 Å². The molecule has 0 aliphatic rings. The lowest BCUT2D eigenvalue weighted by molar-refractivity contribution is 0.0974. The maximum Gasteiger partial charge on any atom is 0.168 e. The number of aliphatic hydroxyl groups is 1. The van der Waals surface area contributed by atoms with E-state index in [9.17, 15) is 5.11 Å². The van der Waals surface area contributed by atoms with Crippen LogP contribution in [-0.4, -0.2) is 21.5 Å². The van der Waals surface area contributed by atoms with Gasteiger partial charge in [0.25, 0.3) is 0 Å². The number of hydrogen-bond acceptors (Lipinski definition) is 2. The molecule has 0 heterocycles. The molecule has 0 bridgehead atoms. The molecule has 3 aromatic rings. The van der Waals surface area contributed by atoms with E-state index in [-0.39, 0.29) is 11.6 Å². The van der Waals surface area contributed by atoms with Gasteiger partial charge in [-0.15, -0.1) is 0 Å². The van der Waals surface area contributed by atoms with E-state index in [1.807, 2.05) is 0 Å². The van der Waals surface area contributed by atoms with Gasteiger partial charge in [-0.2, -0.15) is 0 Å². The first-order chi connectivity index (χ1) is 15.9. The van der Waals surface area contributed by atoms with E-state index in [1.54, 1.807) is 0 Å². The SMILES string of the molecule is CC(C)(C)[SiH2]OC(CCCCc1ccccc1CCCO)(c1ccccc1)c1ccccc1. The molecule has 0 amide bonds. The van der Waals surface area contributed by atoms with Crippen molar-refractivity contribution in [2.24, 2.45) is 0 Å². The molecular weight excluding hydrogens is 420 g/mol. The van der Waals surface area contributed by atoms with Gasteiger partial charge in [-0.25, -0.2) is 0 Å². The Bertz CT molecular complexity index is 908. The highest BCUT2D eigenvalue weighted by molar-refractivity contribution is 6.32. The zero-order valence-corrected chi connectivity index (χ0v) is 22.0. The summed E-state index contributed by atoms with van der Waals surface area (Å²) in [4.78, 5) is 0. The smallest absolute Gasteiger partial charge is 0.168 e. The number of aryl methyl sites for hydroxylation is 2. The summed E-state index contributed by atoms with van der Waals surface area (Å²) >= 11 is 0. The van der Waals surface area contributed by atoms with Crippen LogP contribution in [0.2, 0.25) is 5.04 Å². The Morgan fingerprint density at radius 3 is 1.64 bits per heavy atom. The van der Waals surface area contributed by atoms with Gasteiger partial charge in [-0.05, 0) is 65.8 Å². The van der Waals surface area contributed by atoms with Crippen LogP contribution in [0.25, 0.3) is 0 Å². The van der Waals surface area contributed by atoms with Crippen LogP contribution in [0.3, 0.4) is 0 Å². The predicted molar refractivity (Wildman–Crippen MR) is 142 cm³/mol. The van der Waals surface area contributed by atoms with Crippen LogP contribution in [0, 0.1) is 0 Å². The summed E-state index contributed by atoms with van der Waals surface area (Å²) in [5.41, 5.74) is 4.92. The highest BCUT2D eigenvalue weighted by Crippen LogP contribution is 2.40. The van der Waals surface area contributed by atoms with Crippen LogP contribution in [0.4, 0.5) is 0 Å². The molecule has 0 aliphatic heterocycles. The van der Waals surface area contributed by atoms with Gasteiger partial charge in [-0.3, -0.25) is 0 Å². The van der Waals surface area contributed by atoms with Gasteiger partial charge in [0, 0.05) is 6.61 Å². The van der Waals surface area contributed by atoms with Gasteiger partial charge in [0.1, 0.15) is 5.60 Å². The van der Waals surface area contributed by atoms with Crippen LogP contribution < -0.4 is 0 Å². The zero-order valence-electron chi connectivity index (χ0n) is 20.6. The van der Waals surface area contributed by atoms with Crippen molar-refractivity contribution >= 4 is 9.76 Å². The van der Waals surface area contributed by atoms with Crippen LogP contribution in [0.1, 0.15) is 68.7 Å². The van der Waals surface area contributed by atoms with Crippen molar-refractivity contribution in [2.45, 2.75) is 69.9 Å². The quantitative estimate of drug-likeness (QED) is 0.244. The largest absolute Gasteiger partial charge is 0.410 e. The lowest BCUT2D eigenvalue weighted by atomic mass is 9.82. The van der Waals surface area contributed by atoms with Crippen molar-refractivity contribution in [1.82, 2.24) is 0 Å². The summed E-state index contributed by atoms with van der Waals surface area (Å²) in [6.07, 6.45) is 6.04. The molecule has 3 heteroatoms. The van der Waals surface area contributed by atoms with Crippen molar-refractivity contribution in [1.29, 1.82) is 0 Å². The summed E-state index contributed by atoms with van der Waals surface area (Å²) in [6.45, 7) is 7.13. The van der Waals surface area contributed by atoms with E-state index in [4.69, 9.17) is 4.43 Å². The molecular formula is C30H40O2Si. The van der Waals surface area contributed by atoms with Gasteiger partial charge in [0.05, 0.1) is 0 Å². The van der Waals surface area contributed by atoms with Gasteiger partial charge < -0.3 is 9.53 Å². The van der Waals surface area contributed by atoms with Crippen molar-refractivity contribution in [3.8, 4) is 0 Å². The number of benzene rings is 3. The molecule has 1 N–H and O–H groups in total. The lowest BCUT2D eigenvalue weighted by Crippen LogP contribution is -2.35. The normalized spacial score (nSPS) is 12.5. The second kappa shape index (κ2) is 12.3. The molecule has 0 unspecified atom stereocenters. The third-order valence-corrected chi connectivity index (χ3v) is 7.68. The molecule has 0 aromatic heterocycles. The standard InChI is InChI=1S/C30H40O2Si/c1-29(2,3)33-32-30(27-19-6-4-7-20-27,28-21-8-5-9-22-28)23-13-12-17-25-15-10-11-16-26(25)18-14-24-31/h4-11,15-16,19-22,31H,12-14,17-18,23-24,33H2,1-3H3. The molecule has 3 aromatic carbocycles. The number of rotatable bonds is 12. The van der Waals surface area contributed by atoms with E-state index in [0.717, 1.165) is 38.5 Å². The maximum atomic E-state index is 9.24. The molecule has 33 heavy (non-hydrogen) atoms. The Kier molecular flexibility index (Phi) is 9.48. The number of hydrogen-bond donors (Lipinski definition) is 1. The topological polar surface area (TPSA) is 29.5 Å². The molecule has 2 nitrogen and oxygen atoms in total. The number of aliphatic hydroxyl groups excluding tert-OH is 1. The van der Waals surface area contributed by atoms with Gasteiger partial charge in [0.15, 0.2) is 9.76 Å². The number of unbranched alkanes of at least 4 members (excludes halogenated alkanes) is 1. The van der Waals surface area contributed by atoms with E-state index in [2.05, 4.69) is 106 Å². The van der Waals surface area contributed by atoms with Crippen molar-refractivity contribution in [3.05, 3.63) is 107 Å². The minimum atomic E-state index is -0.767. The summed E-state index contributed by atoms with van der Waals surface area (Å²) in [6, 6.07) is 30.3. The third kappa shape index (κ3) is 7.40. The molecule has 0 saturated heterocycles. The Morgan fingerprint density at radius 1 is 0.667 bits per heavy atom. The van der Waals surface area contributed by atoms with Gasteiger partial charge >= 0.3 is 0 Å². The van der Waals surface area contributed by atoms with Crippen molar-refractivity contribution in [3.63, 3.8) is 0 Å². The highest BCUT2D eigenvalue weighted by atomic mass is 28.2. The molecule has 176 valence electrons. The Morgan fingerprint density at radius 2 is 1.15 bits per heavy atom. The average molecular weight is 461 g/mol. The predicted octanol–water partition coefficient (Wildman–Crippen LogP) is 6.59. The van der Waals surface area contributed by atoms with Crippen LogP contribution >= 0.6 is 0 Å². The first kappa shape index (κ1) is 25.4. The second-order valence-corrected chi connectivity index (χ2v) is 12.9. The second-order valence-electron chi connectivity index (χ2n) is 10.2. The first-order valence-electron chi connectivity index (χ1n) is 12.4.